The molecule has 10 atom stereocenters. The summed E-state index contributed by atoms with van der Waals surface area (Å²) in [7, 11) is 1.58. The number of allylic oxidation sites excluding steroid dienone is 2. The summed E-state index contributed by atoms with van der Waals surface area (Å²) >= 11 is 0. The van der Waals surface area contributed by atoms with Crippen molar-refractivity contribution in [2.75, 3.05) is 13.7 Å². The minimum Gasteiger partial charge on any atom is -0.469 e. The van der Waals surface area contributed by atoms with Crippen LogP contribution in [-0.2, 0) is 28.5 Å². The number of methoxy groups -OCH3 is 1. The van der Waals surface area contributed by atoms with Crippen molar-refractivity contribution in [2.24, 2.45) is 50.2 Å². The van der Waals surface area contributed by atoms with Crippen LogP contribution in [0.15, 0.2) is 11.6 Å². The highest BCUT2D eigenvalue weighted by molar-refractivity contribution is 5.78. The van der Waals surface area contributed by atoms with Crippen LogP contribution >= 0.6 is 0 Å². The molecule has 5 aliphatic carbocycles. The van der Waals surface area contributed by atoms with Gasteiger partial charge in [-0.15, -0.1) is 0 Å². The van der Waals surface area contributed by atoms with Gasteiger partial charge in [-0.25, -0.2) is 0 Å². The summed E-state index contributed by atoms with van der Waals surface area (Å²) < 4.78 is 24.7. The summed E-state index contributed by atoms with van der Waals surface area (Å²) in [6.45, 7) is 20.8. The highest BCUT2D eigenvalue weighted by Crippen LogP contribution is 2.76. The zero-order valence-corrected chi connectivity index (χ0v) is 28.0. The standard InChI is InChI=1S/C36H56O6/c1-22(37)41-25-20-32(6)26(33(7)21-40-31(4,5)42-28(25)33)13-14-35(9)27(32)12-11-23-24-19-30(2,3)15-17-36(24,29(38)39-10)18-16-34(23,35)8/h11,24-28H,12-21H2,1-10H3/t24-,25+,26-,27+,28-,32-,33-,34+,35+,36-/m0/s1. The second kappa shape index (κ2) is 9.31. The van der Waals surface area contributed by atoms with Crippen LogP contribution < -0.4 is 0 Å². The first kappa shape index (κ1) is 30.6. The van der Waals surface area contributed by atoms with Gasteiger partial charge in [0.1, 0.15) is 12.2 Å². The lowest BCUT2D eigenvalue weighted by atomic mass is 9.33. The van der Waals surface area contributed by atoms with Crippen LogP contribution in [0.1, 0.15) is 120 Å². The molecule has 4 saturated carbocycles. The van der Waals surface area contributed by atoms with E-state index >= 15 is 0 Å². The Morgan fingerprint density at radius 1 is 0.881 bits per heavy atom. The van der Waals surface area contributed by atoms with Crippen molar-refractivity contribution < 1.29 is 28.5 Å². The summed E-state index contributed by atoms with van der Waals surface area (Å²) in [6, 6.07) is 0. The molecule has 236 valence electrons. The highest BCUT2D eigenvalue weighted by Gasteiger charge is 2.72. The average Bonchev–Trinajstić information content (AvgIpc) is 2.89. The number of fused-ring (bicyclic) bond motifs is 9. The van der Waals surface area contributed by atoms with Crippen LogP contribution in [0.5, 0.6) is 0 Å². The maximum absolute atomic E-state index is 13.5. The molecule has 0 N–H and O–H groups in total. The highest BCUT2D eigenvalue weighted by atomic mass is 16.7. The Labute approximate surface area is 254 Å². The molecule has 1 aliphatic heterocycles. The minimum atomic E-state index is -0.697. The van der Waals surface area contributed by atoms with E-state index in [1.165, 1.54) is 12.5 Å². The molecule has 0 aromatic heterocycles. The van der Waals surface area contributed by atoms with Gasteiger partial charge in [0.05, 0.1) is 19.1 Å². The van der Waals surface area contributed by atoms with Gasteiger partial charge in [-0.1, -0.05) is 53.2 Å². The predicted molar refractivity (Wildman–Crippen MR) is 161 cm³/mol. The van der Waals surface area contributed by atoms with Crippen molar-refractivity contribution in [3.63, 3.8) is 0 Å². The molecule has 5 fully saturated rings. The number of carbonyl (C=O) groups is 2. The second-order valence-corrected chi connectivity index (χ2v) is 17.4. The maximum atomic E-state index is 13.5. The summed E-state index contributed by atoms with van der Waals surface area (Å²) in [6.07, 6.45) is 11.1. The third kappa shape index (κ3) is 4.01. The Balaban J connectivity index is 1.43. The van der Waals surface area contributed by atoms with Crippen molar-refractivity contribution >= 4 is 11.9 Å². The van der Waals surface area contributed by atoms with E-state index in [0.717, 1.165) is 57.8 Å². The van der Waals surface area contributed by atoms with Crippen LogP contribution in [0.3, 0.4) is 0 Å². The van der Waals surface area contributed by atoms with Gasteiger partial charge in [0, 0.05) is 12.3 Å². The summed E-state index contributed by atoms with van der Waals surface area (Å²) in [4.78, 5) is 26.0. The molecule has 0 amide bonds. The summed E-state index contributed by atoms with van der Waals surface area (Å²) in [5, 5.41) is 0. The fraction of sp³-hybridized carbons (Fsp3) is 0.889. The van der Waals surface area contributed by atoms with E-state index in [-0.39, 0.29) is 57.1 Å². The number of esters is 2. The molecular formula is C36H56O6. The summed E-state index contributed by atoms with van der Waals surface area (Å²) in [5.74, 6) is 0.147. The SMILES string of the molecule is COC(=O)[C@]12CCC(C)(C)C[C@H]1C1=CC[C@@H]3[C@@]4(C)C[C@@H](OC(C)=O)[C@@H]5OC(C)(C)OC[C@@]5(C)[C@H]4CC[C@@]3(C)[C@]1(C)CC2. The molecule has 0 aromatic rings. The maximum Gasteiger partial charge on any atom is 0.312 e. The van der Waals surface area contributed by atoms with E-state index in [0.29, 0.717) is 18.4 Å². The average molecular weight is 585 g/mol. The molecule has 6 rings (SSSR count). The van der Waals surface area contributed by atoms with Crippen molar-refractivity contribution in [3.8, 4) is 0 Å². The van der Waals surface area contributed by atoms with Crippen molar-refractivity contribution in [3.05, 3.63) is 11.6 Å². The number of rotatable bonds is 2. The molecule has 42 heavy (non-hydrogen) atoms. The first-order chi connectivity index (χ1) is 19.4. The monoisotopic (exact) mass is 584 g/mol. The Morgan fingerprint density at radius 2 is 1.57 bits per heavy atom. The Hall–Kier alpha value is -1.40. The van der Waals surface area contributed by atoms with Gasteiger partial charge < -0.3 is 18.9 Å². The predicted octanol–water partition coefficient (Wildman–Crippen LogP) is 7.63. The van der Waals surface area contributed by atoms with Crippen LogP contribution in [0.4, 0.5) is 0 Å². The number of ether oxygens (including phenoxy) is 4. The van der Waals surface area contributed by atoms with Crippen molar-refractivity contribution in [1.29, 1.82) is 0 Å². The Kier molecular flexibility index (Phi) is 6.79. The van der Waals surface area contributed by atoms with Gasteiger partial charge in [-0.3, -0.25) is 9.59 Å². The van der Waals surface area contributed by atoms with Crippen molar-refractivity contribution in [1.82, 2.24) is 0 Å². The largest absolute Gasteiger partial charge is 0.469 e. The van der Waals surface area contributed by atoms with Gasteiger partial charge in [0.15, 0.2) is 5.79 Å². The number of hydrogen-bond acceptors (Lipinski definition) is 6. The van der Waals surface area contributed by atoms with Gasteiger partial charge >= 0.3 is 11.9 Å². The van der Waals surface area contributed by atoms with Crippen LogP contribution in [0.25, 0.3) is 0 Å². The normalized spacial score (nSPS) is 50.4. The molecule has 6 aliphatic rings. The molecule has 0 aromatic carbocycles. The number of carbonyl (C=O) groups excluding carboxylic acids is 2. The fourth-order valence-electron chi connectivity index (χ4n) is 12.1. The first-order valence-corrected chi connectivity index (χ1v) is 16.7. The van der Waals surface area contributed by atoms with Gasteiger partial charge in [-0.2, -0.15) is 0 Å². The Bertz CT molecular complexity index is 1190. The molecule has 6 nitrogen and oxygen atoms in total. The smallest absolute Gasteiger partial charge is 0.312 e. The van der Waals surface area contributed by atoms with E-state index in [1.54, 1.807) is 7.11 Å². The zero-order chi connectivity index (χ0) is 30.7. The topological polar surface area (TPSA) is 71.1 Å². The quantitative estimate of drug-likeness (QED) is 0.245. The van der Waals surface area contributed by atoms with E-state index in [1.807, 2.05) is 13.8 Å². The molecule has 1 saturated heterocycles. The third-order valence-electron chi connectivity index (χ3n) is 14.4. The van der Waals surface area contributed by atoms with Crippen LogP contribution in [0.2, 0.25) is 0 Å². The van der Waals surface area contributed by atoms with Gasteiger partial charge in [0.2, 0.25) is 0 Å². The molecule has 6 heteroatoms. The fourth-order valence-corrected chi connectivity index (χ4v) is 12.1. The van der Waals surface area contributed by atoms with Crippen molar-refractivity contribution in [2.45, 2.75) is 138 Å². The van der Waals surface area contributed by atoms with Gasteiger partial charge in [0.25, 0.3) is 0 Å². The van der Waals surface area contributed by atoms with E-state index in [2.05, 4.69) is 47.6 Å². The molecule has 0 radical (unpaired) electrons. The summed E-state index contributed by atoms with van der Waals surface area (Å²) in [5.41, 5.74) is 1.16. The lowest BCUT2D eigenvalue weighted by Gasteiger charge is -2.72. The van der Waals surface area contributed by atoms with Crippen LogP contribution in [-0.4, -0.2) is 43.7 Å². The van der Waals surface area contributed by atoms with Crippen LogP contribution in [0, 0.1) is 50.2 Å². The Morgan fingerprint density at radius 3 is 2.24 bits per heavy atom. The number of hydrogen-bond donors (Lipinski definition) is 0. The molecule has 0 unspecified atom stereocenters. The van der Waals surface area contributed by atoms with Gasteiger partial charge in [-0.05, 0) is 111 Å². The zero-order valence-electron chi connectivity index (χ0n) is 28.0. The lowest BCUT2D eigenvalue weighted by molar-refractivity contribution is -0.369. The second-order valence-electron chi connectivity index (χ2n) is 17.4. The van der Waals surface area contributed by atoms with E-state index in [4.69, 9.17) is 18.9 Å². The minimum absolute atomic E-state index is 0.00425. The first-order valence-electron chi connectivity index (χ1n) is 16.7. The molecule has 0 bridgehead atoms. The lowest BCUT2D eigenvalue weighted by Crippen LogP contribution is -2.71. The third-order valence-corrected chi connectivity index (χ3v) is 14.4. The van der Waals surface area contributed by atoms with E-state index in [9.17, 15) is 9.59 Å². The molecular weight excluding hydrogens is 528 g/mol. The molecule has 0 spiro atoms. The molecule has 1 heterocycles. The van der Waals surface area contributed by atoms with E-state index < -0.39 is 11.2 Å².